The minimum atomic E-state index is -0.414. The van der Waals surface area contributed by atoms with E-state index >= 15 is 0 Å². The molecule has 0 spiro atoms. The van der Waals surface area contributed by atoms with Gasteiger partial charge < -0.3 is 15.4 Å². The van der Waals surface area contributed by atoms with Crippen LogP contribution in [-0.2, 0) is 4.79 Å². The van der Waals surface area contributed by atoms with Crippen molar-refractivity contribution in [2.24, 2.45) is 0 Å². The van der Waals surface area contributed by atoms with Crippen LogP contribution in [-0.4, -0.2) is 24.2 Å². The molecule has 0 saturated heterocycles. The highest BCUT2D eigenvalue weighted by Crippen LogP contribution is 2.30. The zero-order valence-electron chi connectivity index (χ0n) is 14.8. The van der Waals surface area contributed by atoms with E-state index in [0.29, 0.717) is 28.3 Å². The van der Waals surface area contributed by atoms with Crippen molar-refractivity contribution in [2.75, 3.05) is 17.2 Å². The molecule has 0 atom stereocenters. The standard InChI is InChI=1S/C22H16N2O4/c25-20-13-28-19-11-10-15(12-18(19)24-20)23-22(27)17-9-5-4-8-16(17)21(26)14-6-2-1-3-7-14/h1-12H,13H2,(H,23,27)(H,24,25). The number of ether oxygens (including phenoxy) is 1. The van der Waals surface area contributed by atoms with Gasteiger partial charge in [0.15, 0.2) is 12.4 Å². The average molecular weight is 372 g/mol. The van der Waals surface area contributed by atoms with Crippen LogP contribution in [0.15, 0.2) is 72.8 Å². The molecular weight excluding hydrogens is 356 g/mol. The Morgan fingerprint density at radius 3 is 2.39 bits per heavy atom. The molecule has 0 radical (unpaired) electrons. The number of nitrogens with one attached hydrogen (secondary N) is 2. The quantitative estimate of drug-likeness (QED) is 0.687. The van der Waals surface area contributed by atoms with Crippen molar-refractivity contribution in [1.29, 1.82) is 0 Å². The van der Waals surface area contributed by atoms with Gasteiger partial charge in [0.1, 0.15) is 5.75 Å². The van der Waals surface area contributed by atoms with Crippen LogP contribution in [0.4, 0.5) is 11.4 Å². The normalized spacial score (nSPS) is 12.4. The fraction of sp³-hybridized carbons (Fsp3) is 0.0455. The van der Waals surface area contributed by atoms with E-state index in [1.807, 2.05) is 6.07 Å². The lowest BCUT2D eigenvalue weighted by atomic mass is 9.98. The summed E-state index contributed by atoms with van der Waals surface area (Å²) >= 11 is 0. The molecule has 1 aliphatic rings. The molecule has 1 aliphatic heterocycles. The van der Waals surface area contributed by atoms with Crippen LogP contribution < -0.4 is 15.4 Å². The van der Waals surface area contributed by atoms with E-state index in [0.717, 1.165) is 0 Å². The summed E-state index contributed by atoms with van der Waals surface area (Å²) in [4.78, 5) is 37.1. The van der Waals surface area contributed by atoms with Gasteiger partial charge in [0, 0.05) is 16.8 Å². The van der Waals surface area contributed by atoms with Crippen LogP contribution in [0.3, 0.4) is 0 Å². The molecule has 0 aliphatic carbocycles. The highest BCUT2D eigenvalue weighted by atomic mass is 16.5. The summed E-state index contributed by atoms with van der Waals surface area (Å²) in [7, 11) is 0. The number of hydrogen-bond acceptors (Lipinski definition) is 4. The third-order valence-corrected chi connectivity index (χ3v) is 4.32. The molecule has 3 aromatic carbocycles. The second-order valence-corrected chi connectivity index (χ2v) is 6.24. The smallest absolute Gasteiger partial charge is 0.262 e. The van der Waals surface area contributed by atoms with Crippen molar-refractivity contribution < 1.29 is 19.1 Å². The van der Waals surface area contributed by atoms with Crippen molar-refractivity contribution in [2.45, 2.75) is 0 Å². The van der Waals surface area contributed by atoms with Gasteiger partial charge in [0.2, 0.25) is 0 Å². The van der Waals surface area contributed by atoms with Gasteiger partial charge in [-0.15, -0.1) is 0 Å². The molecule has 6 heteroatoms. The molecule has 138 valence electrons. The lowest BCUT2D eigenvalue weighted by Crippen LogP contribution is -2.25. The Morgan fingerprint density at radius 1 is 0.893 bits per heavy atom. The third kappa shape index (κ3) is 3.48. The first-order valence-electron chi connectivity index (χ1n) is 8.68. The van der Waals surface area contributed by atoms with Crippen molar-refractivity contribution in [1.82, 2.24) is 0 Å². The summed E-state index contributed by atoms with van der Waals surface area (Å²) in [5, 5.41) is 5.47. The summed E-state index contributed by atoms with van der Waals surface area (Å²) in [6.45, 7) is -0.0340. The highest BCUT2D eigenvalue weighted by molar-refractivity contribution is 6.17. The first-order chi connectivity index (χ1) is 13.6. The minimum absolute atomic E-state index is 0.0340. The fourth-order valence-electron chi connectivity index (χ4n) is 2.98. The first-order valence-corrected chi connectivity index (χ1v) is 8.68. The van der Waals surface area contributed by atoms with Crippen LogP contribution in [0.2, 0.25) is 0 Å². The Balaban J connectivity index is 1.60. The molecule has 0 saturated carbocycles. The predicted molar refractivity (Wildman–Crippen MR) is 105 cm³/mol. The summed E-state index contributed by atoms with van der Waals surface area (Å²) in [5.74, 6) is -0.354. The Morgan fingerprint density at radius 2 is 1.61 bits per heavy atom. The number of carbonyl (C=O) groups excluding carboxylic acids is 3. The maximum Gasteiger partial charge on any atom is 0.262 e. The molecule has 2 N–H and O–H groups in total. The number of amides is 2. The topological polar surface area (TPSA) is 84.5 Å². The van der Waals surface area contributed by atoms with Crippen LogP contribution in [0.1, 0.15) is 26.3 Å². The van der Waals surface area contributed by atoms with E-state index in [1.165, 1.54) is 0 Å². The Labute approximate surface area is 161 Å². The Hall–Kier alpha value is -3.93. The van der Waals surface area contributed by atoms with Crippen LogP contribution >= 0.6 is 0 Å². The van der Waals surface area contributed by atoms with Crippen LogP contribution in [0.5, 0.6) is 5.75 Å². The second-order valence-electron chi connectivity index (χ2n) is 6.24. The summed E-state index contributed by atoms with van der Waals surface area (Å²) in [5.41, 5.74) is 2.07. The van der Waals surface area contributed by atoms with Gasteiger partial charge in [-0.05, 0) is 24.3 Å². The number of fused-ring (bicyclic) bond motifs is 1. The molecule has 2 amide bonds. The molecule has 6 nitrogen and oxygen atoms in total. The third-order valence-electron chi connectivity index (χ3n) is 4.32. The van der Waals surface area contributed by atoms with Crippen molar-refractivity contribution in [3.8, 4) is 5.75 Å². The van der Waals surface area contributed by atoms with Crippen molar-refractivity contribution >= 4 is 29.0 Å². The SMILES string of the molecule is O=C1COc2ccc(NC(=O)c3ccccc3C(=O)c3ccccc3)cc2N1. The highest BCUT2D eigenvalue weighted by Gasteiger charge is 2.20. The number of hydrogen-bond donors (Lipinski definition) is 2. The van der Waals surface area contributed by atoms with Gasteiger partial charge in [0.25, 0.3) is 11.8 Å². The molecule has 0 unspecified atom stereocenters. The van der Waals surface area contributed by atoms with E-state index in [1.54, 1.807) is 66.7 Å². The number of carbonyl (C=O) groups is 3. The maximum absolute atomic E-state index is 12.8. The van der Waals surface area contributed by atoms with E-state index < -0.39 is 5.91 Å². The maximum atomic E-state index is 12.8. The van der Waals surface area contributed by atoms with Crippen molar-refractivity contribution in [3.05, 3.63) is 89.5 Å². The second kappa shape index (κ2) is 7.36. The zero-order chi connectivity index (χ0) is 19.5. The van der Waals surface area contributed by atoms with E-state index in [-0.39, 0.29) is 23.9 Å². The van der Waals surface area contributed by atoms with Crippen LogP contribution in [0, 0.1) is 0 Å². The molecule has 1 heterocycles. The van der Waals surface area contributed by atoms with Gasteiger partial charge in [-0.1, -0.05) is 48.5 Å². The Kier molecular flexibility index (Phi) is 4.60. The van der Waals surface area contributed by atoms with Gasteiger partial charge >= 0.3 is 0 Å². The summed E-state index contributed by atoms with van der Waals surface area (Å²) in [6.07, 6.45) is 0. The van der Waals surface area contributed by atoms with Crippen molar-refractivity contribution in [3.63, 3.8) is 0 Å². The van der Waals surface area contributed by atoms with E-state index in [9.17, 15) is 14.4 Å². The largest absolute Gasteiger partial charge is 0.482 e. The summed E-state index contributed by atoms with van der Waals surface area (Å²) in [6, 6.07) is 20.4. The van der Waals surface area contributed by atoms with E-state index in [2.05, 4.69) is 10.6 Å². The minimum Gasteiger partial charge on any atom is -0.482 e. The van der Waals surface area contributed by atoms with Gasteiger partial charge in [-0.2, -0.15) is 0 Å². The molecule has 0 bridgehead atoms. The lowest BCUT2D eigenvalue weighted by molar-refractivity contribution is -0.118. The number of anilines is 2. The number of benzene rings is 3. The van der Waals surface area contributed by atoms with Gasteiger partial charge in [0.05, 0.1) is 11.3 Å². The predicted octanol–water partition coefficient (Wildman–Crippen LogP) is 3.50. The van der Waals surface area contributed by atoms with E-state index in [4.69, 9.17) is 4.74 Å². The number of ketones is 1. The average Bonchev–Trinajstić information content (AvgIpc) is 2.73. The fourth-order valence-corrected chi connectivity index (χ4v) is 2.98. The van der Waals surface area contributed by atoms with Gasteiger partial charge in [-0.25, -0.2) is 0 Å². The summed E-state index contributed by atoms with van der Waals surface area (Å²) < 4.78 is 5.31. The molecule has 3 aromatic rings. The molecule has 0 aromatic heterocycles. The number of rotatable bonds is 4. The van der Waals surface area contributed by atoms with Gasteiger partial charge in [-0.3, -0.25) is 14.4 Å². The van der Waals surface area contributed by atoms with Crippen LogP contribution in [0.25, 0.3) is 0 Å². The zero-order valence-corrected chi connectivity index (χ0v) is 14.8. The lowest BCUT2D eigenvalue weighted by Gasteiger charge is -2.18. The molecule has 28 heavy (non-hydrogen) atoms. The Bertz CT molecular complexity index is 1080. The molecule has 4 rings (SSSR count). The monoisotopic (exact) mass is 372 g/mol. The molecule has 0 fully saturated rings. The first kappa shape index (κ1) is 17.5. The molecular formula is C22H16N2O4.